The predicted octanol–water partition coefficient (Wildman–Crippen LogP) is 3.69. The number of hydrogen-bond donors (Lipinski definition) is 2. The second-order valence-corrected chi connectivity index (χ2v) is 7.89. The summed E-state index contributed by atoms with van der Waals surface area (Å²) in [6, 6.07) is 0.276. The Morgan fingerprint density at radius 3 is 2.09 bits per heavy atom. The van der Waals surface area contributed by atoms with Crippen molar-refractivity contribution < 1.29 is 9.59 Å². The Balaban J connectivity index is 4.18. The maximum Gasteiger partial charge on any atom is 0.220 e. The van der Waals surface area contributed by atoms with E-state index >= 15 is 0 Å². The summed E-state index contributed by atoms with van der Waals surface area (Å²) in [5.41, 5.74) is -0.468. The van der Waals surface area contributed by atoms with Gasteiger partial charge in [0.2, 0.25) is 5.91 Å². The number of Topliss-reactive ketones (excluding diaryl/α,β-unsaturated/α-hetero) is 1. The lowest BCUT2D eigenvalue weighted by Gasteiger charge is -2.33. The summed E-state index contributed by atoms with van der Waals surface area (Å²) in [5.74, 6) is 1.000. The molecule has 0 fully saturated rings. The fourth-order valence-corrected chi connectivity index (χ4v) is 2.88. The summed E-state index contributed by atoms with van der Waals surface area (Å²) in [7, 11) is 0. The monoisotopic (exact) mass is 326 g/mol. The molecule has 0 saturated heterocycles. The highest BCUT2D eigenvalue weighted by atomic mass is 16.1. The third-order valence-electron chi connectivity index (χ3n) is 4.05. The number of carbonyl (C=O) groups is 2. The molecule has 0 aliphatic carbocycles. The van der Waals surface area contributed by atoms with Gasteiger partial charge in [0.1, 0.15) is 0 Å². The number of rotatable bonds is 12. The zero-order chi connectivity index (χ0) is 18.0. The Bertz CT molecular complexity index is 364. The molecule has 0 aromatic rings. The zero-order valence-electron chi connectivity index (χ0n) is 16.3. The molecular weight excluding hydrogens is 288 g/mol. The number of hydrogen-bond acceptors (Lipinski definition) is 3. The second kappa shape index (κ2) is 10.8. The van der Waals surface area contributed by atoms with E-state index in [1.54, 1.807) is 0 Å². The van der Waals surface area contributed by atoms with Gasteiger partial charge in [0.25, 0.3) is 0 Å². The molecule has 0 aliphatic heterocycles. The van der Waals surface area contributed by atoms with E-state index in [0.29, 0.717) is 18.9 Å². The van der Waals surface area contributed by atoms with Crippen molar-refractivity contribution in [3.8, 4) is 0 Å². The second-order valence-electron chi connectivity index (χ2n) is 7.89. The summed E-state index contributed by atoms with van der Waals surface area (Å²) in [5, 5.41) is 6.41. The molecular formula is C19H38N2O2. The van der Waals surface area contributed by atoms with Gasteiger partial charge in [-0.2, -0.15) is 0 Å². The van der Waals surface area contributed by atoms with Crippen LogP contribution in [0.2, 0.25) is 0 Å². The largest absolute Gasteiger partial charge is 0.356 e. The van der Waals surface area contributed by atoms with Gasteiger partial charge in [-0.05, 0) is 52.4 Å². The SMILES string of the molecule is CC(C)CCC(=O)NCCCC[C@@](C)(NC(C)C)C(=O)C(C)C. The van der Waals surface area contributed by atoms with Crippen molar-refractivity contribution in [2.24, 2.45) is 11.8 Å². The van der Waals surface area contributed by atoms with Gasteiger partial charge in [-0.3, -0.25) is 9.59 Å². The number of amides is 1. The topological polar surface area (TPSA) is 58.2 Å². The molecule has 0 aromatic carbocycles. The van der Waals surface area contributed by atoms with E-state index in [9.17, 15) is 9.59 Å². The average Bonchev–Trinajstić information content (AvgIpc) is 2.42. The van der Waals surface area contributed by atoms with Crippen molar-refractivity contribution in [3.63, 3.8) is 0 Å². The average molecular weight is 327 g/mol. The first-order valence-electron chi connectivity index (χ1n) is 9.17. The van der Waals surface area contributed by atoms with Crippen molar-refractivity contribution >= 4 is 11.7 Å². The molecule has 0 aromatic heterocycles. The molecule has 136 valence electrons. The zero-order valence-corrected chi connectivity index (χ0v) is 16.3. The molecule has 0 radical (unpaired) electrons. The molecule has 0 rings (SSSR count). The summed E-state index contributed by atoms with van der Waals surface area (Å²) >= 11 is 0. The first-order valence-corrected chi connectivity index (χ1v) is 9.17. The number of nitrogens with one attached hydrogen (secondary N) is 2. The molecule has 0 saturated carbocycles. The lowest BCUT2D eigenvalue weighted by molar-refractivity contribution is -0.128. The molecule has 1 amide bonds. The smallest absolute Gasteiger partial charge is 0.220 e. The van der Waals surface area contributed by atoms with Crippen LogP contribution in [-0.4, -0.2) is 29.8 Å². The summed E-state index contributed by atoms with van der Waals surface area (Å²) in [6.07, 6.45) is 4.19. The standard InChI is InChI=1S/C19H38N2O2/c1-14(2)10-11-17(22)20-13-9-8-12-19(7,21-16(5)6)18(23)15(3)4/h14-16,21H,8-13H2,1-7H3,(H,20,22)/t19-/m1/s1. The highest BCUT2D eigenvalue weighted by Crippen LogP contribution is 2.20. The molecule has 23 heavy (non-hydrogen) atoms. The molecule has 2 N–H and O–H groups in total. The van der Waals surface area contributed by atoms with Crippen LogP contribution in [0.5, 0.6) is 0 Å². The van der Waals surface area contributed by atoms with Gasteiger partial charge in [0, 0.05) is 24.9 Å². The van der Waals surface area contributed by atoms with Gasteiger partial charge in [0.05, 0.1) is 5.54 Å². The number of carbonyl (C=O) groups excluding carboxylic acids is 2. The van der Waals surface area contributed by atoms with Crippen LogP contribution < -0.4 is 10.6 Å². The molecule has 0 heterocycles. The predicted molar refractivity (Wildman–Crippen MR) is 97.5 cm³/mol. The van der Waals surface area contributed by atoms with Crippen molar-refractivity contribution in [1.82, 2.24) is 10.6 Å². The summed E-state index contributed by atoms with van der Waals surface area (Å²) in [6.45, 7) is 15.0. The van der Waals surface area contributed by atoms with Gasteiger partial charge >= 0.3 is 0 Å². The normalized spacial score (nSPS) is 14.3. The van der Waals surface area contributed by atoms with Crippen LogP contribution >= 0.6 is 0 Å². The fraction of sp³-hybridized carbons (Fsp3) is 0.895. The molecule has 4 nitrogen and oxygen atoms in total. The number of ketones is 1. The Labute approximate surface area is 143 Å². The minimum atomic E-state index is -0.468. The molecule has 0 bridgehead atoms. The van der Waals surface area contributed by atoms with E-state index in [1.165, 1.54) is 0 Å². The lowest BCUT2D eigenvalue weighted by Crippen LogP contribution is -2.53. The van der Waals surface area contributed by atoms with E-state index in [1.807, 2.05) is 20.8 Å². The first kappa shape index (κ1) is 22.1. The maximum atomic E-state index is 12.5. The Morgan fingerprint density at radius 2 is 1.61 bits per heavy atom. The Morgan fingerprint density at radius 1 is 1.00 bits per heavy atom. The van der Waals surface area contributed by atoms with Gasteiger partial charge in [-0.25, -0.2) is 0 Å². The van der Waals surface area contributed by atoms with Gasteiger partial charge < -0.3 is 10.6 Å². The highest BCUT2D eigenvalue weighted by molar-refractivity contribution is 5.89. The maximum absolute atomic E-state index is 12.5. The Kier molecular flexibility index (Phi) is 10.4. The van der Waals surface area contributed by atoms with Gasteiger partial charge in [-0.15, -0.1) is 0 Å². The van der Waals surface area contributed by atoms with E-state index in [-0.39, 0.29) is 23.7 Å². The summed E-state index contributed by atoms with van der Waals surface area (Å²) < 4.78 is 0. The molecule has 0 spiro atoms. The van der Waals surface area contributed by atoms with Crippen molar-refractivity contribution in [2.45, 2.75) is 92.2 Å². The molecule has 0 unspecified atom stereocenters. The van der Waals surface area contributed by atoms with Crippen LogP contribution in [0.25, 0.3) is 0 Å². The van der Waals surface area contributed by atoms with Crippen LogP contribution in [-0.2, 0) is 9.59 Å². The highest BCUT2D eigenvalue weighted by Gasteiger charge is 2.34. The van der Waals surface area contributed by atoms with Crippen LogP contribution in [0.3, 0.4) is 0 Å². The lowest BCUT2D eigenvalue weighted by atomic mass is 9.84. The minimum absolute atomic E-state index is 0.0296. The van der Waals surface area contributed by atoms with Crippen LogP contribution in [0, 0.1) is 11.8 Å². The van der Waals surface area contributed by atoms with Crippen LogP contribution in [0.1, 0.15) is 80.6 Å². The fourth-order valence-electron chi connectivity index (χ4n) is 2.88. The van der Waals surface area contributed by atoms with E-state index < -0.39 is 5.54 Å². The van der Waals surface area contributed by atoms with Crippen LogP contribution in [0.4, 0.5) is 0 Å². The molecule has 1 atom stereocenters. The third-order valence-corrected chi connectivity index (χ3v) is 4.05. The molecule has 4 heteroatoms. The van der Waals surface area contributed by atoms with Gasteiger partial charge in [0.15, 0.2) is 5.78 Å². The number of unbranched alkanes of at least 4 members (excludes halogenated alkanes) is 1. The third kappa shape index (κ3) is 9.75. The van der Waals surface area contributed by atoms with Crippen LogP contribution in [0.15, 0.2) is 0 Å². The van der Waals surface area contributed by atoms with Crippen molar-refractivity contribution in [1.29, 1.82) is 0 Å². The summed E-state index contributed by atoms with van der Waals surface area (Å²) in [4.78, 5) is 24.2. The van der Waals surface area contributed by atoms with E-state index in [0.717, 1.165) is 25.7 Å². The Hall–Kier alpha value is -0.900. The van der Waals surface area contributed by atoms with Gasteiger partial charge in [-0.1, -0.05) is 27.7 Å². The quantitative estimate of drug-likeness (QED) is 0.538. The molecule has 0 aliphatic rings. The van der Waals surface area contributed by atoms with Crippen molar-refractivity contribution in [3.05, 3.63) is 0 Å². The van der Waals surface area contributed by atoms with E-state index in [2.05, 4.69) is 38.3 Å². The van der Waals surface area contributed by atoms with E-state index in [4.69, 9.17) is 0 Å². The minimum Gasteiger partial charge on any atom is -0.356 e. The first-order chi connectivity index (χ1) is 10.6. The van der Waals surface area contributed by atoms with Crippen molar-refractivity contribution in [2.75, 3.05) is 6.54 Å².